The maximum absolute atomic E-state index is 12.2. The van der Waals surface area contributed by atoms with Gasteiger partial charge in [0.15, 0.2) is 5.78 Å². The van der Waals surface area contributed by atoms with Crippen LogP contribution in [0.3, 0.4) is 0 Å². The van der Waals surface area contributed by atoms with Crippen molar-refractivity contribution in [3.05, 3.63) is 69.2 Å². The highest BCUT2D eigenvalue weighted by Gasteiger charge is 2.11. The smallest absolute Gasteiger partial charge is 0.168 e. The van der Waals surface area contributed by atoms with E-state index in [9.17, 15) is 4.79 Å². The van der Waals surface area contributed by atoms with E-state index >= 15 is 0 Å². The van der Waals surface area contributed by atoms with Crippen LogP contribution in [0.4, 0.5) is 0 Å². The van der Waals surface area contributed by atoms with Crippen molar-refractivity contribution in [1.82, 2.24) is 0 Å². The molecule has 0 heterocycles. The molecule has 3 heteroatoms. The van der Waals surface area contributed by atoms with Crippen LogP contribution in [0.15, 0.2) is 42.5 Å². The van der Waals surface area contributed by atoms with Gasteiger partial charge in [0.1, 0.15) is 0 Å². The summed E-state index contributed by atoms with van der Waals surface area (Å²) in [7, 11) is 0. The molecule has 0 bridgehead atoms. The van der Waals surface area contributed by atoms with Gasteiger partial charge < -0.3 is 0 Å². The Bertz CT molecular complexity index is 591. The Balaban J connectivity index is 2.24. The van der Waals surface area contributed by atoms with Gasteiger partial charge in [-0.15, -0.1) is 0 Å². The lowest BCUT2D eigenvalue weighted by atomic mass is 10.0. The first kappa shape index (κ1) is 13.1. The molecule has 0 aromatic heterocycles. The molecule has 0 aliphatic carbocycles. The molecule has 0 radical (unpaired) electrons. The minimum absolute atomic E-state index is 0.0203. The number of ketones is 1. The molecular weight excluding hydrogens is 267 g/mol. The number of benzene rings is 2. The zero-order valence-corrected chi connectivity index (χ0v) is 11.4. The summed E-state index contributed by atoms with van der Waals surface area (Å²) in [5.74, 6) is -0.0203. The maximum Gasteiger partial charge on any atom is 0.168 e. The molecule has 0 aliphatic rings. The predicted octanol–water partition coefficient (Wildman–Crippen LogP) is 4.73. The minimum atomic E-state index is -0.0203. The highest BCUT2D eigenvalue weighted by molar-refractivity contribution is 6.35. The molecule has 0 N–H and O–H groups in total. The fourth-order valence-electron chi connectivity index (χ4n) is 1.81. The summed E-state index contributed by atoms with van der Waals surface area (Å²) in [6.07, 6.45) is 0.335. The summed E-state index contributed by atoms with van der Waals surface area (Å²) in [6.45, 7) is 2.00. The minimum Gasteiger partial charge on any atom is -0.294 e. The number of rotatable bonds is 3. The zero-order chi connectivity index (χ0) is 13.1. The van der Waals surface area contributed by atoms with E-state index in [2.05, 4.69) is 0 Å². The lowest BCUT2D eigenvalue weighted by Gasteiger charge is -2.05. The fraction of sp³-hybridized carbons (Fsp3) is 0.133. The Kier molecular flexibility index (Phi) is 4.05. The highest BCUT2D eigenvalue weighted by Crippen LogP contribution is 2.22. The van der Waals surface area contributed by atoms with Crippen LogP contribution in [-0.4, -0.2) is 5.78 Å². The molecule has 0 fully saturated rings. The molecule has 0 saturated heterocycles. The number of hydrogen-bond donors (Lipinski definition) is 0. The number of aryl methyl sites for hydroxylation is 1. The average molecular weight is 279 g/mol. The maximum atomic E-state index is 12.2. The molecule has 0 unspecified atom stereocenters. The monoisotopic (exact) mass is 278 g/mol. The summed E-state index contributed by atoms with van der Waals surface area (Å²) in [4.78, 5) is 12.2. The Morgan fingerprint density at radius 1 is 1.11 bits per heavy atom. The van der Waals surface area contributed by atoms with Gasteiger partial charge in [-0.2, -0.15) is 0 Å². The van der Waals surface area contributed by atoms with Gasteiger partial charge in [0.25, 0.3) is 0 Å². The quantitative estimate of drug-likeness (QED) is 0.742. The van der Waals surface area contributed by atoms with E-state index in [-0.39, 0.29) is 5.78 Å². The second-order valence-electron chi connectivity index (χ2n) is 4.21. The molecule has 1 nitrogen and oxygen atoms in total. The van der Waals surface area contributed by atoms with Crippen molar-refractivity contribution in [2.75, 3.05) is 0 Å². The van der Waals surface area contributed by atoms with E-state index in [4.69, 9.17) is 23.2 Å². The molecule has 0 amide bonds. The van der Waals surface area contributed by atoms with E-state index in [0.717, 1.165) is 11.1 Å². The Labute approximate surface area is 116 Å². The van der Waals surface area contributed by atoms with Gasteiger partial charge in [-0.1, -0.05) is 53.0 Å². The second-order valence-corrected chi connectivity index (χ2v) is 5.06. The van der Waals surface area contributed by atoms with Gasteiger partial charge in [-0.05, 0) is 30.7 Å². The lowest BCUT2D eigenvalue weighted by molar-refractivity contribution is 0.0993. The number of halogens is 2. The second kappa shape index (κ2) is 5.55. The number of carbonyl (C=O) groups excluding carboxylic acids is 1. The first-order valence-electron chi connectivity index (χ1n) is 5.60. The molecule has 2 aromatic carbocycles. The van der Waals surface area contributed by atoms with Crippen molar-refractivity contribution < 1.29 is 4.79 Å². The van der Waals surface area contributed by atoms with Crippen molar-refractivity contribution >= 4 is 29.0 Å². The lowest BCUT2D eigenvalue weighted by Crippen LogP contribution is -2.04. The van der Waals surface area contributed by atoms with Crippen LogP contribution in [-0.2, 0) is 6.42 Å². The van der Waals surface area contributed by atoms with Gasteiger partial charge in [-0.3, -0.25) is 4.79 Å². The van der Waals surface area contributed by atoms with Crippen LogP contribution < -0.4 is 0 Å². The molecule has 2 rings (SSSR count). The first-order chi connectivity index (χ1) is 8.56. The van der Waals surface area contributed by atoms with Crippen molar-refractivity contribution in [2.24, 2.45) is 0 Å². The summed E-state index contributed by atoms with van der Waals surface area (Å²) in [5, 5.41) is 0.962. The van der Waals surface area contributed by atoms with Crippen LogP contribution in [0.2, 0.25) is 10.0 Å². The number of hydrogen-bond acceptors (Lipinski definition) is 1. The van der Waals surface area contributed by atoms with Crippen LogP contribution >= 0.6 is 23.2 Å². The summed E-state index contributed by atoms with van der Waals surface area (Å²) < 4.78 is 0. The van der Waals surface area contributed by atoms with E-state index in [1.165, 1.54) is 0 Å². The molecule has 92 valence electrons. The van der Waals surface area contributed by atoms with Crippen LogP contribution in [0, 0.1) is 6.92 Å². The topological polar surface area (TPSA) is 17.1 Å². The third-order valence-electron chi connectivity index (χ3n) is 2.68. The fourth-order valence-corrected chi connectivity index (χ4v) is 2.21. The van der Waals surface area contributed by atoms with Crippen molar-refractivity contribution in [1.29, 1.82) is 0 Å². The van der Waals surface area contributed by atoms with E-state index in [0.29, 0.717) is 22.0 Å². The molecule has 0 atom stereocenters. The molecule has 0 aliphatic heterocycles. The molecule has 0 spiro atoms. The van der Waals surface area contributed by atoms with Gasteiger partial charge in [0.2, 0.25) is 0 Å². The van der Waals surface area contributed by atoms with E-state index in [1.807, 2.05) is 31.2 Å². The molecular formula is C15H12Cl2O. The summed E-state index contributed by atoms with van der Waals surface area (Å²) in [6, 6.07) is 12.8. The summed E-state index contributed by atoms with van der Waals surface area (Å²) >= 11 is 11.9. The molecule has 18 heavy (non-hydrogen) atoms. The van der Waals surface area contributed by atoms with Gasteiger partial charge in [-0.25, -0.2) is 0 Å². The Morgan fingerprint density at radius 2 is 1.89 bits per heavy atom. The van der Waals surface area contributed by atoms with Crippen molar-refractivity contribution in [3.8, 4) is 0 Å². The first-order valence-corrected chi connectivity index (χ1v) is 6.35. The predicted molar refractivity (Wildman–Crippen MR) is 75.7 cm³/mol. The summed E-state index contributed by atoms with van der Waals surface area (Å²) in [5.41, 5.74) is 2.60. The van der Waals surface area contributed by atoms with E-state index < -0.39 is 0 Å². The molecule has 2 aromatic rings. The average Bonchev–Trinajstić information content (AvgIpc) is 2.32. The largest absolute Gasteiger partial charge is 0.294 e. The standard InChI is InChI=1S/C15H12Cl2O/c1-10-3-2-4-11(7-10)8-15(18)13-9-12(16)5-6-14(13)17/h2-7,9H,8H2,1H3. The van der Waals surface area contributed by atoms with Crippen LogP contribution in [0.25, 0.3) is 0 Å². The van der Waals surface area contributed by atoms with E-state index in [1.54, 1.807) is 18.2 Å². The Morgan fingerprint density at radius 3 is 2.61 bits per heavy atom. The van der Waals surface area contributed by atoms with Gasteiger partial charge in [0.05, 0.1) is 5.02 Å². The van der Waals surface area contributed by atoms with Crippen LogP contribution in [0.5, 0.6) is 0 Å². The van der Waals surface area contributed by atoms with Crippen molar-refractivity contribution in [3.63, 3.8) is 0 Å². The Hall–Kier alpha value is -1.31. The molecule has 0 saturated carbocycles. The number of Topliss-reactive ketones (excluding diaryl/α,β-unsaturated/α-hetero) is 1. The SMILES string of the molecule is Cc1cccc(CC(=O)c2cc(Cl)ccc2Cl)c1. The third kappa shape index (κ3) is 3.12. The van der Waals surface area contributed by atoms with Crippen molar-refractivity contribution in [2.45, 2.75) is 13.3 Å². The van der Waals surface area contributed by atoms with Crippen LogP contribution in [0.1, 0.15) is 21.5 Å². The highest BCUT2D eigenvalue weighted by atomic mass is 35.5. The number of carbonyl (C=O) groups is 1. The third-order valence-corrected chi connectivity index (χ3v) is 3.24. The van der Waals surface area contributed by atoms with Gasteiger partial charge >= 0.3 is 0 Å². The van der Waals surface area contributed by atoms with Gasteiger partial charge in [0, 0.05) is 17.0 Å². The zero-order valence-electron chi connectivity index (χ0n) is 9.91. The normalized spacial score (nSPS) is 10.4.